The zero-order valence-electron chi connectivity index (χ0n) is 14.9. The van der Waals surface area contributed by atoms with Crippen LogP contribution >= 0.6 is 0 Å². The molecule has 0 rings (SSSR count). The summed E-state index contributed by atoms with van der Waals surface area (Å²) in [6.07, 6.45) is 1.69. The van der Waals surface area contributed by atoms with Gasteiger partial charge in [-0.15, -0.1) is 0 Å². The highest BCUT2D eigenvalue weighted by atomic mass is 32.3. The van der Waals surface area contributed by atoms with Crippen LogP contribution in [0.1, 0.15) is 6.92 Å². The molecule has 0 radical (unpaired) electrons. The normalized spacial score (nSPS) is 9.36. The maximum Gasteiger partial charge on any atom is 0.515 e. The lowest BCUT2D eigenvalue weighted by molar-refractivity contribution is -0.795. The van der Waals surface area contributed by atoms with Crippen molar-refractivity contribution in [1.82, 2.24) is 0 Å². The minimum absolute atomic E-state index is 0.197. The van der Waals surface area contributed by atoms with Crippen LogP contribution in [0.15, 0.2) is 25.3 Å². The molecule has 148 valence electrons. The van der Waals surface area contributed by atoms with Gasteiger partial charge in [-0.3, -0.25) is 8.98 Å². The molecule has 0 aliphatic rings. The topological polar surface area (TPSA) is 173 Å². The number of primary amides is 1. The maximum atomic E-state index is 10.8. The smallest absolute Gasteiger partial charge is 0.515 e. The number of hydrogen-bond donors (Lipinski definition) is 2. The maximum absolute atomic E-state index is 10.8. The van der Waals surface area contributed by atoms with Gasteiger partial charge in [-0.25, -0.2) is 17.7 Å². The van der Waals surface area contributed by atoms with E-state index in [1.165, 1.54) is 0 Å². The fourth-order valence-electron chi connectivity index (χ4n) is 0.317. The number of nitrogens with zero attached hydrogens (tertiary/aromatic N) is 1. The fraction of sp³-hybridized carbons (Fsp3) is 0.462. The molecule has 3 N–H and O–H groups in total. The van der Waals surface area contributed by atoms with Crippen molar-refractivity contribution in [1.29, 1.82) is 0 Å². The van der Waals surface area contributed by atoms with Crippen LogP contribution in [0.4, 0.5) is 4.79 Å². The third-order valence-corrected chi connectivity index (χ3v) is 1.80. The summed E-state index contributed by atoms with van der Waals surface area (Å²) in [5.74, 6) is -1.46. The lowest BCUT2D eigenvalue weighted by Gasteiger charge is -2.18. The molecule has 0 saturated carbocycles. The summed E-state index contributed by atoms with van der Waals surface area (Å²) in [7, 11) is 1.72. The van der Waals surface area contributed by atoms with Crippen molar-refractivity contribution in [3.8, 4) is 0 Å². The Labute approximate surface area is 147 Å². The van der Waals surface area contributed by atoms with Crippen molar-refractivity contribution in [2.45, 2.75) is 6.92 Å². The SMILES string of the molecule is C=CC(=O)O.C=CC(N)=O.CCOC(=O)[N+](C)(C)C.COS(=O)(=O)[O-]. The van der Waals surface area contributed by atoms with E-state index in [-0.39, 0.29) is 10.6 Å². The zero-order chi connectivity index (χ0) is 21.3. The summed E-state index contributed by atoms with van der Waals surface area (Å²) in [6.45, 7) is 8.30. The first-order valence-corrected chi connectivity index (χ1v) is 7.69. The standard InChI is InChI=1S/C6H14NO2.C3H5NO.C3H4O2.CH4O4S/c1-5-9-6(8)7(2,3)4;2*1-2-3(4)5;1-5-6(2,3)4/h5H2,1-4H3;2H,1H2,(H2,4,5);2H,1H2,(H,4,5);1H3,(H,2,3,4)/q+1;;;/p-1. The van der Waals surface area contributed by atoms with Crippen LogP contribution in [0.2, 0.25) is 0 Å². The van der Waals surface area contributed by atoms with Crippen LogP contribution in [-0.4, -0.2) is 75.4 Å². The van der Waals surface area contributed by atoms with Gasteiger partial charge in [-0.1, -0.05) is 13.2 Å². The first kappa shape index (κ1) is 30.6. The van der Waals surface area contributed by atoms with Crippen molar-refractivity contribution in [2.75, 3.05) is 34.9 Å². The second-order valence-corrected chi connectivity index (χ2v) is 5.58. The number of carbonyl (C=O) groups excluding carboxylic acids is 2. The Morgan fingerprint density at radius 3 is 1.52 bits per heavy atom. The molecule has 0 aromatic rings. The molecule has 25 heavy (non-hydrogen) atoms. The molecule has 0 aliphatic heterocycles. The van der Waals surface area contributed by atoms with E-state index in [1.807, 2.05) is 0 Å². The predicted octanol–water partition coefficient (Wildman–Crippen LogP) is -0.143. The van der Waals surface area contributed by atoms with Gasteiger partial charge in [-0.2, -0.15) is 4.79 Å². The molecule has 0 heterocycles. The number of carbonyl (C=O) groups is 3. The quantitative estimate of drug-likeness (QED) is 0.288. The van der Waals surface area contributed by atoms with Crippen LogP contribution in [0, 0.1) is 0 Å². The van der Waals surface area contributed by atoms with Crippen molar-refractivity contribution >= 4 is 28.4 Å². The highest BCUT2D eigenvalue weighted by Crippen LogP contribution is 1.94. The molecular weight excluding hydrogens is 360 g/mol. The second-order valence-electron chi connectivity index (χ2n) is 4.44. The zero-order valence-corrected chi connectivity index (χ0v) is 15.7. The molecule has 0 aromatic heterocycles. The molecule has 0 spiro atoms. The van der Waals surface area contributed by atoms with Gasteiger partial charge in [0.05, 0.1) is 34.9 Å². The van der Waals surface area contributed by atoms with Gasteiger partial charge in [0.1, 0.15) is 0 Å². The van der Waals surface area contributed by atoms with Crippen molar-refractivity contribution in [3.63, 3.8) is 0 Å². The molecule has 12 heteroatoms. The Morgan fingerprint density at radius 2 is 1.48 bits per heavy atom. The van der Waals surface area contributed by atoms with Crippen LogP contribution in [0.3, 0.4) is 0 Å². The van der Waals surface area contributed by atoms with E-state index in [9.17, 15) is 27.4 Å². The molecule has 0 atom stereocenters. The summed E-state index contributed by atoms with van der Waals surface area (Å²) in [4.78, 5) is 29.5. The lowest BCUT2D eigenvalue weighted by atomic mass is 10.6. The van der Waals surface area contributed by atoms with E-state index in [4.69, 9.17) is 9.84 Å². The van der Waals surface area contributed by atoms with E-state index in [2.05, 4.69) is 23.1 Å². The van der Waals surface area contributed by atoms with Crippen molar-refractivity contribution in [2.24, 2.45) is 5.73 Å². The van der Waals surface area contributed by atoms with Gasteiger partial charge in [0, 0.05) is 6.08 Å². The van der Waals surface area contributed by atoms with E-state index in [0.717, 1.165) is 19.3 Å². The van der Waals surface area contributed by atoms with Crippen LogP contribution in [-0.2, 0) is 28.9 Å². The molecule has 0 aromatic carbocycles. The van der Waals surface area contributed by atoms with Gasteiger partial charge in [-0.05, 0) is 13.0 Å². The van der Waals surface area contributed by atoms with E-state index in [1.54, 1.807) is 28.1 Å². The van der Waals surface area contributed by atoms with Gasteiger partial charge in [0.25, 0.3) is 0 Å². The number of amides is 2. The molecule has 11 nitrogen and oxygen atoms in total. The Kier molecular flexibility index (Phi) is 20.3. The van der Waals surface area contributed by atoms with Crippen LogP contribution < -0.4 is 5.73 Å². The molecule has 2 amide bonds. The molecule has 0 unspecified atom stereocenters. The van der Waals surface area contributed by atoms with E-state index < -0.39 is 22.3 Å². The lowest BCUT2D eigenvalue weighted by Crippen LogP contribution is -2.41. The Morgan fingerprint density at radius 1 is 1.20 bits per heavy atom. The van der Waals surface area contributed by atoms with Gasteiger partial charge >= 0.3 is 12.1 Å². The number of aliphatic carboxylic acids is 1. The first-order valence-electron chi connectivity index (χ1n) is 6.36. The summed E-state index contributed by atoms with van der Waals surface area (Å²) >= 11 is 0. The Hall–Kier alpha value is -2.28. The third-order valence-electron chi connectivity index (χ3n) is 1.40. The molecular formula is C13H26N2O9S. The average molecular weight is 386 g/mol. The van der Waals surface area contributed by atoms with Gasteiger partial charge in [0.2, 0.25) is 16.3 Å². The molecule has 0 fully saturated rings. The summed E-state index contributed by atoms with van der Waals surface area (Å²) < 4.78 is 36.0. The summed E-state index contributed by atoms with van der Waals surface area (Å²) in [5, 5.41) is 7.60. The highest BCUT2D eigenvalue weighted by Gasteiger charge is 2.21. The van der Waals surface area contributed by atoms with Gasteiger partial charge in [0.15, 0.2) is 0 Å². The van der Waals surface area contributed by atoms with Crippen LogP contribution in [0.5, 0.6) is 0 Å². The van der Waals surface area contributed by atoms with Crippen LogP contribution in [0.25, 0.3) is 0 Å². The molecule has 0 saturated heterocycles. The van der Waals surface area contributed by atoms with Gasteiger partial charge < -0.3 is 20.1 Å². The number of hydrogen-bond acceptors (Lipinski definition) is 8. The average Bonchev–Trinajstić information content (AvgIpc) is 2.47. The molecule has 0 bridgehead atoms. The number of carboxylic acid groups (broad SMARTS) is 1. The van der Waals surface area contributed by atoms with Crippen molar-refractivity contribution < 1.29 is 45.9 Å². The second kappa shape index (κ2) is 16.6. The number of rotatable bonds is 4. The largest absolute Gasteiger partial charge is 0.726 e. The summed E-state index contributed by atoms with van der Waals surface area (Å²) in [6, 6.07) is 0. The third kappa shape index (κ3) is 44.9. The Balaban J connectivity index is -0.000000122. The first-order chi connectivity index (χ1) is 11.1. The minimum Gasteiger partial charge on any atom is -0.726 e. The number of quaternary nitrogens is 1. The number of carboxylic acids is 1. The minimum atomic E-state index is -4.41. The summed E-state index contributed by atoms with van der Waals surface area (Å²) in [5.41, 5.74) is 4.53. The molecule has 0 aliphatic carbocycles. The highest BCUT2D eigenvalue weighted by molar-refractivity contribution is 7.80. The monoisotopic (exact) mass is 386 g/mol. The number of nitrogens with two attached hydrogens (primary N) is 1. The van der Waals surface area contributed by atoms with E-state index >= 15 is 0 Å². The van der Waals surface area contributed by atoms with Crippen molar-refractivity contribution in [3.05, 3.63) is 25.3 Å². The predicted molar refractivity (Wildman–Crippen MR) is 89.0 cm³/mol. The van der Waals surface area contributed by atoms with E-state index in [0.29, 0.717) is 6.61 Å². The fourth-order valence-corrected chi connectivity index (χ4v) is 0.317. The number of ether oxygens (including phenoxy) is 1. The Bertz CT molecular complexity index is 504.